The maximum absolute atomic E-state index is 12.7. The number of allylic oxidation sites excluding steroid dienone is 4. The number of hydrogen-bond donors (Lipinski definition) is 1. The Labute approximate surface area is 205 Å². The molecule has 0 bridgehead atoms. The minimum absolute atomic E-state index is 0.0607. The lowest BCUT2D eigenvalue weighted by molar-refractivity contribution is -0.162. The maximum Gasteiger partial charge on any atom is 0.305 e. The van der Waals surface area contributed by atoms with Crippen molar-refractivity contribution in [3.63, 3.8) is 0 Å². The number of carbonyl (C=O) groups excluding carboxylic acids is 4. The minimum Gasteiger partial charge on any atom is -0.469 e. The Kier molecular flexibility index (Phi) is 12.5. The molecule has 8 nitrogen and oxygen atoms in total. The summed E-state index contributed by atoms with van der Waals surface area (Å²) < 4.78 is 15.3. The lowest BCUT2D eigenvalue weighted by atomic mass is 9.90. The van der Waals surface area contributed by atoms with Gasteiger partial charge in [0.15, 0.2) is 6.10 Å². The molecular weight excluding hydrogens is 464 g/mol. The van der Waals surface area contributed by atoms with Crippen LogP contribution in [0.4, 0.5) is 0 Å². The fourth-order valence-corrected chi connectivity index (χ4v) is 3.68. The first-order valence-corrected chi connectivity index (χ1v) is 11.5. The molecule has 0 aromatic carbocycles. The van der Waals surface area contributed by atoms with Gasteiger partial charge in [0.25, 0.3) is 0 Å². The number of rotatable bonds is 13. The van der Waals surface area contributed by atoms with Gasteiger partial charge in [0.1, 0.15) is 11.7 Å². The zero-order valence-electron chi connectivity index (χ0n) is 20.0. The number of esters is 3. The summed E-state index contributed by atoms with van der Waals surface area (Å²) in [6.07, 6.45) is 10.0. The van der Waals surface area contributed by atoms with Crippen LogP contribution in [0.3, 0.4) is 0 Å². The van der Waals surface area contributed by atoms with E-state index in [2.05, 4.69) is 4.74 Å². The molecule has 0 amide bonds. The Morgan fingerprint density at radius 3 is 2.35 bits per heavy atom. The molecule has 0 aromatic rings. The van der Waals surface area contributed by atoms with Crippen molar-refractivity contribution in [2.45, 2.75) is 77.1 Å². The first-order valence-electron chi connectivity index (χ1n) is 11.1. The summed E-state index contributed by atoms with van der Waals surface area (Å²) in [5.74, 6) is -2.37. The van der Waals surface area contributed by atoms with Crippen molar-refractivity contribution < 1.29 is 38.5 Å². The summed E-state index contributed by atoms with van der Waals surface area (Å²) in [6, 6.07) is 0. The number of ether oxygens (including phenoxy) is 3. The van der Waals surface area contributed by atoms with Gasteiger partial charge in [0, 0.05) is 32.3 Å². The van der Waals surface area contributed by atoms with Gasteiger partial charge in [-0.1, -0.05) is 42.8 Å². The number of methoxy groups -OCH3 is 1. The first kappa shape index (κ1) is 29.3. The second-order valence-electron chi connectivity index (χ2n) is 7.81. The highest BCUT2D eigenvalue weighted by molar-refractivity contribution is 6.46. The normalized spacial score (nSPS) is 21.1. The van der Waals surface area contributed by atoms with Gasteiger partial charge < -0.3 is 19.3 Å². The van der Waals surface area contributed by atoms with Gasteiger partial charge in [-0.3, -0.25) is 19.2 Å². The fraction of sp³-hybridized carbons (Fsp3) is 0.520. The van der Waals surface area contributed by atoms with Crippen LogP contribution in [0.25, 0.3) is 0 Å². The van der Waals surface area contributed by atoms with Crippen molar-refractivity contribution in [2.75, 3.05) is 7.11 Å². The summed E-state index contributed by atoms with van der Waals surface area (Å²) in [5, 5.41) is 11.0. The summed E-state index contributed by atoms with van der Waals surface area (Å²) in [6.45, 7) is 4.39. The summed E-state index contributed by atoms with van der Waals surface area (Å²) in [5.41, 5.74) is -1.80. The number of carbonyl (C=O) groups is 4. The molecule has 0 heterocycles. The van der Waals surface area contributed by atoms with E-state index >= 15 is 0 Å². The molecule has 0 fully saturated rings. The molecule has 1 aliphatic rings. The van der Waals surface area contributed by atoms with Gasteiger partial charge in [-0.2, -0.15) is 0 Å². The third kappa shape index (κ3) is 9.65. The number of Topliss-reactive ketones (excluding diaryl/α,β-unsaturated/α-hetero) is 1. The van der Waals surface area contributed by atoms with E-state index in [4.69, 9.17) is 21.1 Å². The van der Waals surface area contributed by atoms with Crippen LogP contribution in [0.15, 0.2) is 47.1 Å². The molecule has 0 saturated heterocycles. The lowest BCUT2D eigenvalue weighted by Gasteiger charge is -2.27. The highest BCUT2D eigenvalue weighted by Gasteiger charge is 2.42. The van der Waals surface area contributed by atoms with Gasteiger partial charge in [-0.25, -0.2) is 0 Å². The summed E-state index contributed by atoms with van der Waals surface area (Å²) in [7, 11) is 1.26. The monoisotopic (exact) mass is 496 g/mol. The van der Waals surface area contributed by atoms with Crippen molar-refractivity contribution in [1.82, 2.24) is 0 Å². The maximum atomic E-state index is 12.7. The average molecular weight is 497 g/mol. The van der Waals surface area contributed by atoms with Gasteiger partial charge in [0.2, 0.25) is 5.78 Å². The minimum atomic E-state index is -1.72. The van der Waals surface area contributed by atoms with Crippen LogP contribution in [-0.4, -0.2) is 53.7 Å². The van der Waals surface area contributed by atoms with Gasteiger partial charge >= 0.3 is 17.9 Å². The lowest BCUT2D eigenvalue weighted by Crippen LogP contribution is -2.36. The van der Waals surface area contributed by atoms with E-state index in [9.17, 15) is 24.3 Å². The smallest absolute Gasteiger partial charge is 0.305 e. The number of ketones is 1. The van der Waals surface area contributed by atoms with Crippen LogP contribution < -0.4 is 0 Å². The molecule has 0 aliphatic heterocycles. The van der Waals surface area contributed by atoms with E-state index in [0.29, 0.717) is 6.42 Å². The van der Waals surface area contributed by atoms with E-state index in [-0.39, 0.29) is 36.3 Å². The highest BCUT2D eigenvalue weighted by Crippen LogP contribution is 2.37. The molecule has 0 radical (unpaired) electrons. The second kappa shape index (κ2) is 14.5. The SMILES string of the molecule is CCC=CCC=CCC1(O)C=C(Cl)C(=O)/C1=C/C(OC(C)=O)C(CCCC(=O)OC)OC(C)=O. The largest absolute Gasteiger partial charge is 0.469 e. The highest BCUT2D eigenvalue weighted by atomic mass is 35.5. The van der Waals surface area contributed by atoms with E-state index in [1.807, 2.05) is 25.2 Å². The Morgan fingerprint density at radius 1 is 1.12 bits per heavy atom. The Hall–Kier alpha value is -2.71. The predicted molar refractivity (Wildman–Crippen MR) is 127 cm³/mol. The molecule has 188 valence electrons. The van der Waals surface area contributed by atoms with Crippen molar-refractivity contribution in [3.8, 4) is 0 Å². The summed E-state index contributed by atoms with van der Waals surface area (Å²) >= 11 is 6.04. The topological polar surface area (TPSA) is 116 Å². The molecule has 1 rings (SSSR count). The van der Waals surface area contributed by atoms with Crippen LogP contribution in [0, 0.1) is 0 Å². The van der Waals surface area contributed by atoms with Crippen molar-refractivity contribution in [2.24, 2.45) is 0 Å². The molecule has 3 atom stereocenters. The molecule has 0 saturated carbocycles. The van der Waals surface area contributed by atoms with Crippen LogP contribution in [0.1, 0.15) is 59.3 Å². The number of halogens is 1. The van der Waals surface area contributed by atoms with E-state index in [1.54, 1.807) is 6.08 Å². The molecule has 1 N–H and O–H groups in total. The predicted octanol–water partition coefficient (Wildman–Crippen LogP) is 3.86. The van der Waals surface area contributed by atoms with Crippen molar-refractivity contribution >= 4 is 35.3 Å². The van der Waals surface area contributed by atoms with E-state index in [0.717, 1.165) is 6.42 Å². The van der Waals surface area contributed by atoms with Crippen LogP contribution in [0.2, 0.25) is 0 Å². The van der Waals surface area contributed by atoms with Gasteiger partial charge in [0.05, 0.1) is 12.1 Å². The number of aliphatic hydroxyl groups is 1. The Balaban J connectivity index is 3.23. The van der Waals surface area contributed by atoms with Crippen molar-refractivity contribution in [3.05, 3.63) is 47.1 Å². The molecule has 34 heavy (non-hydrogen) atoms. The summed E-state index contributed by atoms with van der Waals surface area (Å²) in [4.78, 5) is 47.7. The van der Waals surface area contributed by atoms with Crippen LogP contribution >= 0.6 is 11.6 Å². The molecule has 1 aliphatic carbocycles. The van der Waals surface area contributed by atoms with Crippen molar-refractivity contribution in [1.29, 1.82) is 0 Å². The first-order chi connectivity index (χ1) is 16.0. The van der Waals surface area contributed by atoms with Crippen LogP contribution in [-0.2, 0) is 33.4 Å². The molecular formula is C25H33ClO8. The number of hydrogen-bond acceptors (Lipinski definition) is 8. The standard InChI is InChI=1S/C25H33ClO8/c1-5-6-7-8-9-10-14-25(31)16-20(26)24(30)19(25)15-22(34-18(3)28)21(33-17(2)27)12-11-13-23(29)32-4/h6-7,9-10,15-16,21-22,31H,5,8,11-14H2,1-4H3/b7-6?,10-9?,19-15-. The molecule has 3 unspecified atom stereocenters. The average Bonchev–Trinajstić information content (AvgIpc) is 2.97. The Bertz CT molecular complexity index is 870. The fourth-order valence-electron chi connectivity index (χ4n) is 3.39. The van der Waals surface area contributed by atoms with E-state index in [1.165, 1.54) is 33.1 Å². The van der Waals surface area contributed by atoms with Gasteiger partial charge in [-0.15, -0.1) is 0 Å². The van der Waals surface area contributed by atoms with Crippen LogP contribution in [0.5, 0.6) is 0 Å². The van der Waals surface area contributed by atoms with E-state index < -0.39 is 41.5 Å². The molecule has 0 aromatic heterocycles. The third-order valence-electron chi connectivity index (χ3n) is 4.98. The Morgan fingerprint density at radius 2 is 1.76 bits per heavy atom. The third-order valence-corrected chi connectivity index (χ3v) is 5.26. The molecule has 0 spiro atoms. The zero-order valence-corrected chi connectivity index (χ0v) is 20.8. The zero-order chi connectivity index (χ0) is 25.7. The quantitative estimate of drug-likeness (QED) is 0.177. The van der Waals surface area contributed by atoms with Gasteiger partial charge in [-0.05, 0) is 37.8 Å². The second-order valence-corrected chi connectivity index (χ2v) is 8.21. The molecule has 9 heteroatoms.